The molecule has 0 fully saturated rings. The number of nitrogens with one attached hydrogen (secondary N) is 2. The van der Waals surface area contributed by atoms with Gasteiger partial charge in [0.2, 0.25) is 0 Å². The number of carbonyl (C=O) groups excluding carboxylic acids is 2. The van der Waals surface area contributed by atoms with Gasteiger partial charge in [0, 0.05) is 16.8 Å². The molecule has 2 amide bonds. The molecule has 0 saturated heterocycles. The zero-order chi connectivity index (χ0) is 21.1. The standard InChI is InChI=1S/C22H17F3N2O2/c1-12-6-8-17(13(2)10-12)26-21(28)14-4-3-5-15(11-14)22(29)27-18-9-7-16(23)19(24)20(18)25/h3-11H,1-2H3,(H,26,28)(H,27,29). The van der Waals surface area contributed by atoms with Crippen molar-refractivity contribution in [3.8, 4) is 0 Å². The Hall–Kier alpha value is -3.61. The summed E-state index contributed by atoms with van der Waals surface area (Å²) in [5.41, 5.74) is 2.36. The minimum Gasteiger partial charge on any atom is -0.322 e. The van der Waals surface area contributed by atoms with Crippen molar-refractivity contribution in [1.82, 2.24) is 0 Å². The number of aryl methyl sites for hydroxylation is 2. The van der Waals surface area contributed by atoms with Gasteiger partial charge in [-0.3, -0.25) is 9.59 Å². The largest absolute Gasteiger partial charge is 0.322 e. The summed E-state index contributed by atoms with van der Waals surface area (Å²) >= 11 is 0. The second-order valence-corrected chi connectivity index (χ2v) is 6.53. The zero-order valence-electron chi connectivity index (χ0n) is 15.6. The minimum absolute atomic E-state index is 0.0578. The lowest BCUT2D eigenvalue weighted by molar-refractivity contribution is 0.102. The van der Waals surface area contributed by atoms with Crippen LogP contribution in [0.5, 0.6) is 0 Å². The van der Waals surface area contributed by atoms with E-state index >= 15 is 0 Å². The van der Waals surface area contributed by atoms with Crippen LogP contribution in [0.1, 0.15) is 31.8 Å². The molecule has 148 valence electrons. The first-order valence-electron chi connectivity index (χ1n) is 8.70. The van der Waals surface area contributed by atoms with Crippen molar-refractivity contribution in [3.63, 3.8) is 0 Å². The number of rotatable bonds is 4. The Kier molecular flexibility index (Phi) is 5.68. The summed E-state index contributed by atoms with van der Waals surface area (Å²) in [5.74, 6) is -5.72. The summed E-state index contributed by atoms with van der Waals surface area (Å²) in [5, 5.41) is 4.94. The highest BCUT2D eigenvalue weighted by Gasteiger charge is 2.17. The molecule has 0 bridgehead atoms. The van der Waals surface area contributed by atoms with E-state index in [0.717, 1.165) is 17.2 Å². The van der Waals surface area contributed by atoms with E-state index in [1.807, 2.05) is 26.0 Å². The summed E-state index contributed by atoms with van der Waals surface area (Å²) in [6, 6.07) is 13.0. The molecule has 0 aliphatic heterocycles. The van der Waals surface area contributed by atoms with Crippen molar-refractivity contribution in [2.75, 3.05) is 10.6 Å². The third-order valence-corrected chi connectivity index (χ3v) is 4.30. The molecule has 29 heavy (non-hydrogen) atoms. The molecule has 7 heteroatoms. The first-order chi connectivity index (χ1) is 13.8. The molecular formula is C22H17F3N2O2. The quantitative estimate of drug-likeness (QED) is 0.592. The Bertz CT molecular complexity index is 1110. The van der Waals surface area contributed by atoms with E-state index in [-0.39, 0.29) is 11.1 Å². The van der Waals surface area contributed by atoms with Gasteiger partial charge in [-0.1, -0.05) is 23.8 Å². The highest BCUT2D eigenvalue weighted by Crippen LogP contribution is 2.21. The average Bonchev–Trinajstić information content (AvgIpc) is 2.70. The summed E-state index contributed by atoms with van der Waals surface area (Å²) < 4.78 is 40.1. The van der Waals surface area contributed by atoms with E-state index in [0.29, 0.717) is 11.8 Å². The predicted molar refractivity (Wildman–Crippen MR) is 105 cm³/mol. The monoisotopic (exact) mass is 398 g/mol. The first kappa shape index (κ1) is 20.1. The molecule has 0 aromatic heterocycles. The van der Waals surface area contributed by atoms with Crippen LogP contribution in [-0.4, -0.2) is 11.8 Å². The van der Waals surface area contributed by atoms with Crippen LogP contribution in [0.3, 0.4) is 0 Å². The summed E-state index contributed by atoms with van der Waals surface area (Å²) in [6.07, 6.45) is 0. The van der Waals surface area contributed by atoms with Gasteiger partial charge in [-0.15, -0.1) is 0 Å². The van der Waals surface area contributed by atoms with Crippen molar-refractivity contribution in [3.05, 3.63) is 94.3 Å². The second kappa shape index (κ2) is 8.18. The van der Waals surface area contributed by atoms with Crippen molar-refractivity contribution >= 4 is 23.2 Å². The number of anilines is 2. The minimum atomic E-state index is -1.68. The molecule has 3 rings (SSSR count). The van der Waals surface area contributed by atoms with E-state index in [2.05, 4.69) is 10.6 Å². The third-order valence-electron chi connectivity index (χ3n) is 4.30. The van der Waals surface area contributed by atoms with Gasteiger partial charge in [-0.25, -0.2) is 13.2 Å². The fourth-order valence-electron chi connectivity index (χ4n) is 2.77. The Morgan fingerprint density at radius 2 is 1.31 bits per heavy atom. The second-order valence-electron chi connectivity index (χ2n) is 6.53. The molecule has 0 aliphatic carbocycles. The number of amides is 2. The first-order valence-corrected chi connectivity index (χ1v) is 8.70. The Morgan fingerprint density at radius 3 is 1.93 bits per heavy atom. The molecule has 0 radical (unpaired) electrons. The summed E-state index contributed by atoms with van der Waals surface area (Å²) in [4.78, 5) is 24.9. The SMILES string of the molecule is Cc1ccc(NC(=O)c2cccc(C(=O)Nc3ccc(F)c(F)c3F)c2)c(C)c1. The molecular weight excluding hydrogens is 381 g/mol. The number of benzene rings is 3. The van der Waals surface area contributed by atoms with Gasteiger partial charge >= 0.3 is 0 Å². The smallest absolute Gasteiger partial charge is 0.255 e. The van der Waals surface area contributed by atoms with Gasteiger partial charge in [0.05, 0.1) is 5.69 Å². The van der Waals surface area contributed by atoms with E-state index < -0.39 is 35.0 Å². The van der Waals surface area contributed by atoms with Crippen molar-refractivity contribution in [1.29, 1.82) is 0 Å². The van der Waals surface area contributed by atoms with Gasteiger partial charge < -0.3 is 10.6 Å². The Labute approximate surface area is 165 Å². The predicted octanol–water partition coefficient (Wildman–Crippen LogP) is 5.23. The molecule has 0 heterocycles. The van der Waals surface area contributed by atoms with E-state index in [1.54, 1.807) is 6.07 Å². The number of hydrogen-bond acceptors (Lipinski definition) is 2. The number of hydrogen-bond donors (Lipinski definition) is 2. The maximum Gasteiger partial charge on any atom is 0.255 e. The zero-order valence-corrected chi connectivity index (χ0v) is 15.6. The van der Waals surface area contributed by atoms with Crippen molar-refractivity contribution in [2.24, 2.45) is 0 Å². The van der Waals surface area contributed by atoms with Gasteiger partial charge in [0.15, 0.2) is 17.5 Å². The lowest BCUT2D eigenvalue weighted by atomic mass is 10.1. The fourth-order valence-corrected chi connectivity index (χ4v) is 2.77. The highest BCUT2D eigenvalue weighted by molar-refractivity contribution is 6.09. The van der Waals surface area contributed by atoms with Gasteiger partial charge in [0.25, 0.3) is 11.8 Å². The number of halogens is 3. The van der Waals surface area contributed by atoms with Crippen LogP contribution in [0.25, 0.3) is 0 Å². The van der Waals surface area contributed by atoms with E-state index in [1.165, 1.54) is 24.3 Å². The van der Waals surface area contributed by atoms with Crippen LogP contribution in [0.15, 0.2) is 54.6 Å². The van der Waals surface area contributed by atoms with Crippen LogP contribution in [0.2, 0.25) is 0 Å². The van der Waals surface area contributed by atoms with Crippen LogP contribution in [0.4, 0.5) is 24.5 Å². The molecule has 3 aromatic carbocycles. The maximum atomic E-state index is 13.8. The van der Waals surface area contributed by atoms with Crippen LogP contribution in [-0.2, 0) is 0 Å². The van der Waals surface area contributed by atoms with Gasteiger partial charge in [-0.2, -0.15) is 0 Å². The molecule has 0 unspecified atom stereocenters. The topological polar surface area (TPSA) is 58.2 Å². The van der Waals surface area contributed by atoms with Crippen molar-refractivity contribution in [2.45, 2.75) is 13.8 Å². The molecule has 0 atom stereocenters. The number of carbonyl (C=O) groups is 2. The third kappa shape index (κ3) is 4.45. The molecule has 4 nitrogen and oxygen atoms in total. The summed E-state index contributed by atoms with van der Waals surface area (Å²) in [6.45, 7) is 3.80. The van der Waals surface area contributed by atoms with E-state index in [9.17, 15) is 22.8 Å². The maximum absolute atomic E-state index is 13.8. The highest BCUT2D eigenvalue weighted by atomic mass is 19.2. The lowest BCUT2D eigenvalue weighted by Crippen LogP contribution is -2.16. The molecule has 2 N–H and O–H groups in total. The normalized spacial score (nSPS) is 10.5. The van der Waals surface area contributed by atoms with Crippen LogP contribution >= 0.6 is 0 Å². The Morgan fingerprint density at radius 1 is 0.724 bits per heavy atom. The Balaban J connectivity index is 1.79. The molecule has 0 aliphatic rings. The fraction of sp³-hybridized carbons (Fsp3) is 0.0909. The molecule has 0 saturated carbocycles. The van der Waals surface area contributed by atoms with Crippen molar-refractivity contribution < 1.29 is 22.8 Å². The van der Waals surface area contributed by atoms with Gasteiger partial charge in [-0.05, 0) is 55.8 Å². The molecule has 0 spiro atoms. The van der Waals surface area contributed by atoms with Crippen LogP contribution < -0.4 is 10.6 Å². The van der Waals surface area contributed by atoms with E-state index in [4.69, 9.17) is 0 Å². The van der Waals surface area contributed by atoms with Crippen LogP contribution in [0, 0.1) is 31.3 Å². The lowest BCUT2D eigenvalue weighted by Gasteiger charge is -2.11. The molecule has 3 aromatic rings. The summed E-state index contributed by atoms with van der Waals surface area (Å²) in [7, 11) is 0. The average molecular weight is 398 g/mol. The van der Waals surface area contributed by atoms with Gasteiger partial charge in [0.1, 0.15) is 0 Å².